The molecule has 3 aromatic rings. The van der Waals surface area contributed by atoms with Crippen molar-refractivity contribution in [1.29, 1.82) is 0 Å². The van der Waals surface area contributed by atoms with Crippen molar-refractivity contribution in [1.82, 2.24) is 0 Å². The normalized spacial score (nSPS) is 10.9. The standard InChI is InChI=1S/C18H16O2/c1-11-8-9-16(15-7-5-4-6-14(11)15)18(19)17-10-12(2)20-13(17)3/h4-10H,1-3H3. The van der Waals surface area contributed by atoms with Gasteiger partial charge in [0.2, 0.25) is 0 Å². The van der Waals surface area contributed by atoms with E-state index < -0.39 is 0 Å². The summed E-state index contributed by atoms with van der Waals surface area (Å²) in [6, 6.07) is 13.7. The van der Waals surface area contributed by atoms with E-state index in [0.717, 1.165) is 22.1 Å². The number of aryl methyl sites for hydroxylation is 3. The number of carbonyl (C=O) groups is 1. The molecule has 0 bridgehead atoms. The maximum atomic E-state index is 12.7. The summed E-state index contributed by atoms with van der Waals surface area (Å²) in [5, 5.41) is 2.12. The fourth-order valence-electron chi connectivity index (χ4n) is 2.65. The minimum absolute atomic E-state index is 0.0237. The van der Waals surface area contributed by atoms with E-state index in [1.807, 2.05) is 50.2 Å². The Morgan fingerprint density at radius 3 is 2.25 bits per heavy atom. The second-order valence-corrected chi connectivity index (χ2v) is 5.13. The molecule has 0 atom stereocenters. The molecule has 0 aliphatic carbocycles. The highest BCUT2D eigenvalue weighted by molar-refractivity contribution is 6.17. The van der Waals surface area contributed by atoms with Gasteiger partial charge in [0.25, 0.3) is 0 Å². The quantitative estimate of drug-likeness (QED) is 0.634. The van der Waals surface area contributed by atoms with Crippen LogP contribution in [0.1, 0.15) is 33.0 Å². The Hall–Kier alpha value is -2.35. The number of benzene rings is 2. The topological polar surface area (TPSA) is 30.2 Å². The molecule has 20 heavy (non-hydrogen) atoms. The van der Waals surface area contributed by atoms with Gasteiger partial charge in [-0.15, -0.1) is 0 Å². The number of hydrogen-bond donors (Lipinski definition) is 0. The monoisotopic (exact) mass is 264 g/mol. The first-order valence-electron chi connectivity index (χ1n) is 6.68. The van der Waals surface area contributed by atoms with Crippen LogP contribution < -0.4 is 0 Å². The third-order valence-corrected chi connectivity index (χ3v) is 3.67. The number of rotatable bonds is 2. The number of fused-ring (bicyclic) bond motifs is 1. The number of ketones is 1. The highest BCUT2D eigenvalue weighted by atomic mass is 16.3. The van der Waals surface area contributed by atoms with E-state index >= 15 is 0 Å². The zero-order valence-electron chi connectivity index (χ0n) is 11.9. The molecule has 0 aliphatic rings. The van der Waals surface area contributed by atoms with Gasteiger partial charge in [-0.3, -0.25) is 4.79 Å². The second kappa shape index (κ2) is 4.64. The molecule has 2 nitrogen and oxygen atoms in total. The minimum Gasteiger partial charge on any atom is -0.466 e. The van der Waals surface area contributed by atoms with Crippen LogP contribution in [0, 0.1) is 20.8 Å². The van der Waals surface area contributed by atoms with Crippen LogP contribution in [0.3, 0.4) is 0 Å². The van der Waals surface area contributed by atoms with E-state index in [9.17, 15) is 4.79 Å². The Balaban J connectivity index is 2.23. The Morgan fingerprint density at radius 1 is 0.900 bits per heavy atom. The lowest BCUT2D eigenvalue weighted by molar-refractivity contribution is 0.103. The fourth-order valence-corrected chi connectivity index (χ4v) is 2.65. The van der Waals surface area contributed by atoms with Gasteiger partial charge in [-0.05, 0) is 43.2 Å². The van der Waals surface area contributed by atoms with Crippen LogP contribution in [0.4, 0.5) is 0 Å². The van der Waals surface area contributed by atoms with Gasteiger partial charge >= 0.3 is 0 Å². The van der Waals surface area contributed by atoms with Crippen LogP contribution in [0.2, 0.25) is 0 Å². The zero-order valence-corrected chi connectivity index (χ0v) is 11.9. The lowest BCUT2D eigenvalue weighted by Gasteiger charge is -2.07. The molecule has 1 aromatic heterocycles. The van der Waals surface area contributed by atoms with Crippen molar-refractivity contribution in [2.75, 3.05) is 0 Å². The number of furan rings is 1. The molecule has 2 heteroatoms. The largest absolute Gasteiger partial charge is 0.466 e. The van der Waals surface area contributed by atoms with Crippen LogP contribution in [-0.2, 0) is 0 Å². The molecule has 3 rings (SSSR count). The molecule has 0 aliphatic heterocycles. The molecule has 2 aromatic carbocycles. The highest BCUT2D eigenvalue weighted by Crippen LogP contribution is 2.26. The van der Waals surface area contributed by atoms with Crippen molar-refractivity contribution in [2.45, 2.75) is 20.8 Å². The van der Waals surface area contributed by atoms with Crippen molar-refractivity contribution >= 4 is 16.6 Å². The molecule has 0 fully saturated rings. The molecule has 0 saturated carbocycles. The first-order chi connectivity index (χ1) is 9.58. The molecular weight excluding hydrogens is 248 g/mol. The van der Waals surface area contributed by atoms with Gasteiger partial charge in [0.05, 0.1) is 5.56 Å². The summed E-state index contributed by atoms with van der Waals surface area (Å²) in [6.45, 7) is 5.75. The van der Waals surface area contributed by atoms with Gasteiger partial charge in [0, 0.05) is 5.56 Å². The van der Waals surface area contributed by atoms with Crippen molar-refractivity contribution in [2.24, 2.45) is 0 Å². The highest BCUT2D eigenvalue weighted by Gasteiger charge is 2.18. The maximum absolute atomic E-state index is 12.7. The molecule has 0 amide bonds. The predicted octanol–water partition coefficient (Wildman–Crippen LogP) is 4.59. The van der Waals surface area contributed by atoms with Gasteiger partial charge in [0.15, 0.2) is 5.78 Å². The molecular formula is C18H16O2. The third kappa shape index (κ3) is 1.94. The van der Waals surface area contributed by atoms with Crippen LogP contribution in [0.25, 0.3) is 10.8 Å². The summed E-state index contributed by atoms with van der Waals surface area (Å²) in [6.07, 6.45) is 0. The first-order valence-corrected chi connectivity index (χ1v) is 6.68. The van der Waals surface area contributed by atoms with E-state index in [-0.39, 0.29) is 5.78 Å². The van der Waals surface area contributed by atoms with Crippen molar-refractivity contribution < 1.29 is 9.21 Å². The van der Waals surface area contributed by atoms with Crippen molar-refractivity contribution in [3.05, 3.63) is 70.7 Å². The average molecular weight is 264 g/mol. The summed E-state index contributed by atoms with van der Waals surface area (Å²) in [4.78, 5) is 12.7. The summed E-state index contributed by atoms with van der Waals surface area (Å²) >= 11 is 0. The zero-order chi connectivity index (χ0) is 14.3. The van der Waals surface area contributed by atoms with Gasteiger partial charge in [-0.25, -0.2) is 0 Å². The van der Waals surface area contributed by atoms with Gasteiger partial charge in [-0.1, -0.05) is 36.4 Å². The average Bonchev–Trinajstić information content (AvgIpc) is 2.78. The van der Waals surface area contributed by atoms with E-state index in [0.29, 0.717) is 11.3 Å². The van der Waals surface area contributed by atoms with Crippen LogP contribution in [-0.4, -0.2) is 5.78 Å². The molecule has 100 valence electrons. The van der Waals surface area contributed by atoms with Gasteiger partial charge in [0.1, 0.15) is 11.5 Å². The minimum atomic E-state index is 0.0237. The first kappa shape index (κ1) is 12.7. The Morgan fingerprint density at radius 2 is 1.60 bits per heavy atom. The summed E-state index contributed by atoms with van der Waals surface area (Å²) in [5.41, 5.74) is 2.56. The van der Waals surface area contributed by atoms with E-state index in [4.69, 9.17) is 4.42 Å². The van der Waals surface area contributed by atoms with E-state index in [1.165, 1.54) is 5.56 Å². The predicted molar refractivity (Wildman–Crippen MR) is 80.3 cm³/mol. The van der Waals surface area contributed by atoms with Crippen LogP contribution in [0.5, 0.6) is 0 Å². The Kier molecular flexibility index (Phi) is 2.94. The smallest absolute Gasteiger partial charge is 0.197 e. The van der Waals surface area contributed by atoms with Crippen LogP contribution in [0.15, 0.2) is 46.9 Å². The SMILES string of the molecule is Cc1cc(C(=O)c2ccc(C)c3ccccc23)c(C)o1. The van der Waals surface area contributed by atoms with Gasteiger partial charge in [-0.2, -0.15) is 0 Å². The fraction of sp³-hybridized carbons (Fsp3) is 0.167. The van der Waals surface area contributed by atoms with Crippen molar-refractivity contribution in [3.63, 3.8) is 0 Å². The van der Waals surface area contributed by atoms with E-state index in [1.54, 1.807) is 0 Å². The lowest BCUT2D eigenvalue weighted by Crippen LogP contribution is -2.03. The van der Waals surface area contributed by atoms with Crippen LogP contribution >= 0.6 is 0 Å². The third-order valence-electron chi connectivity index (χ3n) is 3.67. The molecule has 0 saturated heterocycles. The lowest BCUT2D eigenvalue weighted by atomic mass is 9.95. The molecule has 0 N–H and O–H groups in total. The van der Waals surface area contributed by atoms with E-state index in [2.05, 4.69) is 13.0 Å². The molecule has 1 heterocycles. The molecule has 0 spiro atoms. The Labute approximate surface area is 118 Å². The van der Waals surface area contributed by atoms with Gasteiger partial charge < -0.3 is 4.42 Å². The summed E-state index contributed by atoms with van der Waals surface area (Å²) in [5.74, 6) is 1.47. The number of carbonyl (C=O) groups excluding carboxylic acids is 1. The number of hydrogen-bond acceptors (Lipinski definition) is 2. The summed E-state index contributed by atoms with van der Waals surface area (Å²) < 4.78 is 5.47. The maximum Gasteiger partial charge on any atom is 0.197 e. The Bertz CT molecular complexity index is 809. The summed E-state index contributed by atoms with van der Waals surface area (Å²) in [7, 11) is 0. The molecule has 0 unspecified atom stereocenters. The van der Waals surface area contributed by atoms with Crippen molar-refractivity contribution in [3.8, 4) is 0 Å². The second-order valence-electron chi connectivity index (χ2n) is 5.13. The molecule has 0 radical (unpaired) electrons.